The molecule has 1 atom stereocenters. The average molecular weight is 416 g/mol. The minimum absolute atomic E-state index is 0.00720. The SMILES string of the molecule is COc1ccc(C2=NN(C(=O)CN3CCOCC3)[C@H](c3cccs3)C2)c(OC)c1. The second-order valence-corrected chi connectivity index (χ2v) is 7.95. The van der Waals surface area contributed by atoms with Crippen LogP contribution in [0.25, 0.3) is 0 Å². The molecular weight excluding hydrogens is 390 g/mol. The van der Waals surface area contributed by atoms with Crippen LogP contribution in [0.5, 0.6) is 11.5 Å². The fourth-order valence-electron chi connectivity index (χ4n) is 3.67. The molecule has 1 fully saturated rings. The molecular formula is C21H25N3O4S. The van der Waals surface area contributed by atoms with Crippen LogP contribution in [0.4, 0.5) is 0 Å². The minimum atomic E-state index is -0.0923. The standard InChI is InChI=1S/C21H25N3O4S/c1-26-15-5-6-16(19(12-15)27-2)17-13-18(20-4-3-11-29-20)24(22-17)21(25)14-23-7-9-28-10-8-23/h3-6,11-12,18H,7-10,13-14H2,1-2H3/t18-/m0/s1. The van der Waals surface area contributed by atoms with E-state index in [9.17, 15) is 4.79 Å². The van der Waals surface area contributed by atoms with Gasteiger partial charge in [-0.05, 0) is 23.6 Å². The molecule has 0 aliphatic carbocycles. The quantitative estimate of drug-likeness (QED) is 0.726. The van der Waals surface area contributed by atoms with E-state index >= 15 is 0 Å². The largest absolute Gasteiger partial charge is 0.497 e. The highest BCUT2D eigenvalue weighted by atomic mass is 32.1. The lowest BCUT2D eigenvalue weighted by Crippen LogP contribution is -2.43. The Morgan fingerprint density at radius 1 is 1.24 bits per heavy atom. The first kappa shape index (κ1) is 19.9. The summed E-state index contributed by atoms with van der Waals surface area (Å²) in [5, 5.41) is 8.44. The molecule has 0 N–H and O–H groups in total. The van der Waals surface area contributed by atoms with Gasteiger partial charge in [0.2, 0.25) is 0 Å². The highest BCUT2D eigenvalue weighted by Gasteiger charge is 2.35. The van der Waals surface area contributed by atoms with Gasteiger partial charge in [-0.1, -0.05) is 6.07 Å². The first-order valence-electron chi connectivity index (χ1n) is 9.65. The van der Waals surface area contributed by atoms with E-state index in [2.05, 4.69) is 11.0 Å². The lowest BCUT2D eigenvalue weighted by Gasteiger charge is -2.28. The van der Waals surface area contributed by atoms with Crippen molar-refractivity contribution in [2.45, 2.75) is 12.5 Å². The van der Waals surface area contributed by atoms with Crippen LogP contribution in [0.2, 0.25) is 0 Å². The Kier molecular flexibility index (Phi) is 6.13. The third kappa shape index (κ3) is 4.29. The molecule has 0 saturated carbocycles. The number of rotatable bonds is 6. The Balaban J connectivity index is 1.61. The number of methoxy groups -OCH3 is 2. The molecule has 8 heteroatoms. The maximum absolute atomic E-state index is 13.1. The highest BCUT2D eigenvalue weighted by Crippen LogP contribution is 2.37. The zero-order valence-corrected chi connectivity index (χ0v) is 17.5. The fraction of sp³-hybridized carbons (Fsp3) is 0.429. The van der Waals surface area contributed by atoms with E-state index in [0.29, 0.717) is 31.9 Å². The molecule has 0 unspecified atom stereocenters. The lowest BCUT2D eigenvalue weighted by atomic mass is 10.0. The average Bonchev–Trinajstić information content (AvgIpc) is 3.44. The summed E-state index contributed by atoms with van der Waals surface area (Å²) in [6.07, 6.45) is 0.651. The summed E-state index contributed by atoms with van der Waals surface area (Å²) in [5.41, 5.74) is 1.73. The lowest BCUT2D eigenvalue weighted by molar-refractivity contribution is -0.135. The van der Waals surface area contributed by atoms with Gasteiger partial charge in [0.15, 0.2) is 0 Å². The number of hydrogen-bond acceptors (Lipinski definition) is 7. The second-order valence-electron chi connectivity index (χ2n) is 6.98. The first-order chi connectivity index (χ1) is 14.2. The van der Waals surface area contributed by atoms with Gasteiger partial charge in [-0.2, -0.15) is 5.10 Å². The maximum Gasteiger partial charge on any atom is 0.257 e. The van der Waals surface area contributed by atoms with Crippen molar-refractivity contribution in [1.82, 2.24) is 9.91 Å². The van der Waals surface area contributed by atoms with Gasteiger partial charge < -0.3 is 14.2 Å². The molecule has 7 nitrogen and oxygen atoms in total. The van der Waals surface area contributed by atoms with Crippen molar-refractivity contribution < 1.29 is 19.0 Å². The molecule has 2 aromatic rings. The number of morpholine rings is 1. The number of ether oxygens (including phenoxy) is 3. The van der Waals surface area contributed by atoms with Crippen LogP contribution in [0.15, 0.2) is 40.8 Å². The van der Waals surface area contributed by atoms with Gasteiger partial charge >= 0.3 is 0 Å². The molecule has 1 amide bonds. The van der Waals surface area contributed by atoms with E-state index in [-0.39, 0.29) is 11.9 Å². The van der Waals surface area contributed by atoms with Crippen molar-refractivity contribution in [3.63, 3.8) is 0 Å². The molecule has 29 heavy (non-hydrogen) atoms. The summed E-state index contributed by atoms with van der Waals surface area (Å²) in [6, 6.07) is 9.66. The van der Waals surface area contributed by atoms with Gasteiger partial charge in [-0.25, -0.2) is 5.01 Å². The van der Waals surface area contributed by atoms with Gasteiger partial charge in [0.05, 0.1) is 45.7 Å². The number of benzene rings is 1. The molecule has 1 aromatic carbocycles. The number of amides is 1. The predicted molar refractivity (Wildman–Crippen MR) is 112 cm³/mol. The summed E-state index contributed by atoms with van der Waals surface area (Å²) < 4.78 is 16.2. The smallest absolute Gasteiger partial charge is 0.257 e. The maximum atomic E-state index is 13.1. The van der Waals surface area contributed by atoms with Crippen molar-refractivity contribution in [1.29, 1.82) is 0 Å². The molecule has 154 valence electrons. The van der Waals surface area contributed by atoms with Crippen LogP contribution >= 0.6 is 11.3 Å². The van der Waals surface area contributed by atoms with Crippen molar-refractivity contribution in [3.8, 4) is 11.5 Å². The third-order valence-electron chi connectivity index (χ3n) is 5.22. The van der Waals surface area contributed by atoms with Gasteiger partial charge in [0.1, 0.15) is 11.5 Å². The Bertz CT molecular complexity index is 878. The molecule has 1 saturated heterocycles. The van der Waals surface area contributed by atoms with E-state index in [4.69, 9.17) is 19.3 Å². The van der Waals surface area contributed by atoms with E-state index in [0.717, 1.165) is 35.0 Å². The van der Waals surface area contributed by atoms with Crippen LogP contribution < -0.4 is 9.47 Å². The van der Waals surface area contributed by atoms with Crippen LogP contribution in [0.1, 0.15) is 22.9 Å². The predicted octanol–water partition coefficient (Wildman–Crippen LogP) is 2.78. The number of nitrogens with zero attached hydrogens (tertiary/aromatic N) is 3. The van der Waals surface area contributed by atoms with E-state index in [1.165, 1.54) is 0 Å². The second kappa shape index (κ2) is 8.94. The zero-order valence-electron chi connectivity index (χ0n) is 16.7. The number of carbonyl (C=O) groups excluding carboxylic acids is 1. The molecule has 4 rings (SSSR count). The molecule has 2 aliphatic rings. The Labute approximate surface area is 174 Å². The molecule has 2 aliphatic heterocycles. The number of hydrogen-bond donors (Lipinski definition) is 0. The van der Waals surface area contributed by atoms with Crippen molar-refractivity contribution in [2.75, 3.05) is 47.1 Å². The summed E-state index contributed by atoms with van der Waals surface area (Å²) in [7, 11) is 3.26. The first-order valence-corrected chi connectivity index (χ1v) is 10.5. The summed E-state index contributed by atoms with van der Waals surface area (Å²) in [6.45, 7) is 3.22. The van der Waals surface area contributed by atoms with Crippen LogP contribution in [0.3, 0.4) is 0 Å². The van der Waals surface area contributed by atoms with Gasteiger partial charge in [-0.3, -0.25) is 9.69 Å². The summed E-state index contributed by atoms with van der Waals surface area (Å²) in [5.74, 6) is 1.42. The minimum Gasteiger partial charge on any atom is -0.497 e. The fourth-order valence-corrected chi connectivity index (χ4v) is 4.48. The van der Waals surface area contributed by atoms with Gasteiger partial charge in [-0.15, -0.1) is 11.3 Å². The summed E-state index contributed by atoms with van der Waals surface area (Å²) in [4.78, 5) is 16.4. The van der Waals surface area contributed by atoms with E-state index < -0.39 is 0 Å². The van der Waals surface area contributed by atoms with Gasteiger partial charge in [0.25, 0.3) is 5.91 Å². The normalized spacial score (nSPS) is 19.9. The molecule has 0 bridgehead atoms. The number of thiophene rings is 1. The topological polar surface area (TPSA) is 63.6 Å². The Morgan fingerprint density at radius 2 is 2.07 bits per heavy atom. The van der Waals surface area contributed by atoms with E-state index in [1.54, 1.807) is 30.6 Å². The van der Waals surface area contributed by atoms with Crippen molar-refractivity contribution >= 4 is 23.0 Å². The Hall–Kier alpha value is -2.42. The number of carbonyl (C=O) groups is 1. The zero-order chi connectivity index (χ0) is 20.2. The Morgan fingerprint density at radius 3 is 2.76 bits per heavy atom. The van der Waals surface area contributed by atoms with Crippen LogP contribution in [0, 0.1) is 0 Å². The third-order valence-corrected chi connectivity index (χ3v) is 6.19. The van der Waals surface area contributed by atoms with Crippen LogP contribution in [-0.4, -0.2) is 68.6 Å². The monoisotopic (exact) mass is 415 g/mol. The van der Waals surface area contributed by atoms with Crippen molar-refractivity contribution in [2.24, 2.45) is 5.10 Å². The van der Waals surface area contributed by atoms with Gasteiger partial charge in [0, 0.05) is 36.0 Å². The van der Waals surface area contributed by atoms with Crippen molar-refractivity contribution in [3.05, 3.63) is 46.2 Å². The molecule has 3 heterocycles. The summed E-state index contributed by atoms with van der Waals surface area (Å²) >= 11 is 1.65. The number of hydrazone groups is 1. The van der Waals surface area contributed by atoms with E-state index in [1.807, 2.05) is 29.6 Å². The molecule has 0 radical (unpaired) electrons. The van der Waals surface area contributed by atoms with Crippen LogP contribution in [-0.2, 0) is 9.53 Å². The molecule has 1 aromatic heterocycles. The molecule has 0 spiro atoms. The highest BCUT2D eigenvalue weighted by molar-refractivity contribution is 7.10.